The van der Waals surface area contributed by atoms with E-state index in [0.717, 1.165) is 11.3 Å². The van der Waals surface area contributed by atoms with Crippen molar-refractivity contribution in [1.82, 2.24) is 0 Å². The van der Waals surface area contributed by atoms with Gasteiger partial charge in [0.05, 0.1) is 25.3 Å². The Morgan fingerprint density at radius 2 is 1.89 bits per heavy atom. The van der Waals surface area contributed by atoms with Crippen molar-refractivity contribution in [3.05, 3.63) is 52.5 Å². The summed E-state index contributed by atoms with van der Waals surface area (Å²) in [4.78, 5) is 12.6. The quantitative estimate of drug-likeness (QED) is 0.640. The molecule has 2 rings (SSSR count). The monoisotopic (exact) mass is 391 g/mol. The number of nitrogens with one attached hydrogen (secondary N) is 1. The summed E-state index contributed by atoms with van der Waals surface area (Å²) in [6.07, 6.45) is 0. The summed E-state index contributed by atoms with van der Waals surface area (Å²) in [5, 5.41) is 3.28. The zero-order chi connectivity index (χ0) is 19.8. The molecule has 146 valence electrons. The van der Waals surface area contributed by atoms with E-state index in [0.29, 0.717) is 47.8 Å². The van der Waals surface area contributed by atoms with Crippen molar-refractivity contribution in [2.24, 2.45) is 5.92 Å². The molecule has 2 aromatic rings. The molecule has 0 saturated heterocycles. The number of hydrogen-bond donors (Lipinski definition) is 1. The lowest BCUT2D eigenvalue weighted by atomic mass is 10.1. The summed E-state index contributed by atoms with van der Waals surface area (Å²) in [5.74, 6) is 1.49. The molecule has 0 heterocycles. The van der Waals surface area contributed by atoms with Crippen molar-refractivity contribution in [3.63, 3.8) is 0 Å². The second-order valence-corrected chi connectivity index (χ2v) is 6.88. The fraction of sp³-hybridized carbons (Fsp3) is 0.381. The first-order valence-electron chi connectivity index (χ1n) is 8.93. The van der Waals surface area contributed by atoms with E-state index in [4.69, 9.17) is 25.8 Å². The molecule has 2 aromatic carbocycles. The van der Waals surface area contributed by atoms with Gasteiger partial charge in [0, 0.05) is 23.4 Å². The number of hydrogen-bond acceptors (Lipinski definition) is 4. The number of carbonyl (C=O) groups is 1. The van der Waals surface area contributed by atoms with Crippen LogP contribution in [0, 0.1) is 5.92 Å². The lowest BCUT2D eigenvalue weighted by Crippen LogP contribution is -2.13. The zero-order valence-electron chi connectivity index (χ0n) is 16.2. The number of methoxy groups -OCH3 is 1. The number of rotatable bonds is 9. The molecule has 0 spiro atoms. The van der Waals surface area contributed by atoms with E-state index >= 15 is 0 Å². The molecular weight excluding hydrogens is 366 g/mol. The fourth-order valence-electron chi connectivity index (χ4n) is 2.48. The Morgan fingerprint density at radius 3 is 2.52 bits per heavy atom. The van der Waals surface area contributed by atoms with Gasteiger partial charge in [-0.2, -0.15) is 0 Å². The number of carbonyl (C=O) groups excluding carboxylic acids is 1. The topological polar surface area (TPSA) is 56.8 Å². The van der Waals surface area contributed by atoms with E-state index in [9.17, 15) is 4.79 Å². The molecule has 0 aliphatic rings. The minimum absolute atomic E-state index is 0.232. The first-order valence-corrected chi connectivity index (χ1v) is 9.30. The maximum absolute atomic E-state index is 12.6. The van der Waals surface area contributed by atoms with Gasteiger partial charge in [0.15, 0.2) is 0 Å². The highest BCUT2D eigenvalue weighted by molar-refractivity contribution is 6.32. The van der Waals surface area contributed by atoms with Crippen LogP contribution in [0.4, 0.5) is 5.69 Å². The lowest BCUT2D eigenvalue weighted by molar-refractivity contribution is 0.0948. The Kier molecular flexibility index (Phi) is 7.95. The third-order valence-corrected chi connectivity index (χ3v) is 4.04. The summed E-state index contributed by atoms with van der Waals surface area (Å²) >= 11 is 6.11. The lowest BCUT2D eigenvalue weighted by Gasteiger charge is -2.14. The van der Waals surface area contributed by atoms with Crippen LogP contribution < -0.4 is 14.8 Å². The van der Waals surface area contributed by atoms with Crippen molar-refractivity contribution < 1.29 is 19.0 Å². The van der Waals surface area contributed by atoms with Crippen LogP contribution in [0.5, 0.6) is 11.5 Å². The van der Waals surface area contributed by atoms with E-state index in [-0.39, 0.29) is 5.91 Å². The summed E-state index contributed by atoms with van der Waals surface area (Å²) in [6, 6.07) is 10.4. The van der Waals surface area contributed by atoms with E-state index < -0.39 is 0 Å². The largest absolute Gasteiger partial charge is 0.495 e. The van der Waals surface area contributed by atoms with Gasteiger partial charge in [-0.05, 0) is 49.2 Å². The van der Waals surface area contributed by atoms with Crippen LogP contribution in [0.1, 0.15) is 36.7 Å². The molecule has 0 atom stereocenters. The molecule has 0 aromatic heterocycles. The smallest absolute Gasteiger partial charge is 0.255 e. The van der Waals surface area contributed by atoms with Gasteiger partial charge in [0.25, 0.3) is 5.91 Å². The van der Waals surface area contributed by atoms with Gasteiger partial charge in [-0.15, -0.1) is 0 Å². The average molecular weight is 392 g/mol. The average Bonchev–Trinajstić information content (AvgIpc) is 2.63. The first kappa shape index (κ1) is 21.1. The maximum Gasteiger partial charge on any atom is 0.255 e. The van der Waals surface area contributed by atoms with E-state index in [2.05, 4.69) is 19.2 Å². The van der Waals surface area contributed by atoms with Crippen LogP contribution in [-0.2, 0) is 11.3 Å². The normalized spacial score (nSPS) is 10.7. The van der Waals surface area contributed by atoms with Gasteiger partial charge in [0.2, 0.25) is 0 Å². The molecule has 0 fully saturated rings. The summed E-state index contributed by atoms with van der Waals surface area (Å²) < 4.78 is 16.5. The third-order valence-electron chi connectivity index (χ3n) is 3.74. The molecule has 6 heteroatoms. The second-order valence-electron chi connectivity index (χ2n) is 6.47. The molecule has 27 heavy (non-hydrogen) atoms. The number of anilines is 1. The highest BCUT2D eigenvalue weighted by Crippen LogP contribution is 2.28. The summed E-state index contributed by atoms with van der Waals surface area (Å²) in [6.45, 7) is 7.69. The van der Waals surface area contributed by atoms with Crippen molar-refractivity contribution in [1.29, 1.82) is 0 Å². The number of amides is 1. The van der Waals surface area contributed by atoms with Crippen LogP contribution in [0.3, 0.4) is 0 Å². The molecule has 0 aliphatic carbocycles. The third kappa shape index (κ3) is 6.15. The molecule has 1 amide bonds. The summed E-state index contributed by atoms with van der Waals surface area (Å²) in [5.41, 5.74) is 1.96. The Balaban J connectivity index is 2.15. The second kappa shape index (κ2) is 10.2. The predicted molar refractivity (Wildman–Crippen MR) is 108 cm³/mol. The molecule has 1 N–H and O–H groups in total. The van der Waals surface area contributed by atoms with Gasteiger partial charge >= 0.3 is 0 Å². The molecule has 0 bridgehead atoms. The Hall–Kier alpha value is -2.24. The van der Waals surface area contributed by atoms with Crippen LogP contribution in [0.2, 0.25) is 5.02 Å². The van der Waals surface area contributed by atoms with Gasteiger partial charge < -0.3 is 19.5 Å². The fourth-order valence-corrected chi connectivity index (χ4v) is 2.74. The zero-order valence-corrected chi connectivity index (χ0v) is 16.9. The van der Waals surface area contributed by atoms with Gasteiger partial charge in [-0.25, -0.2) is 0 Å². The van der Waals surface area contributed by atoms with E-state index in [1.165, 1.54) is 0 Å². The van der Waals surface area contributed by atoms with Crippen LogP contribution in [0.15, 0.2) is 36.4 Å². The number of benzene rings is 2. The van der Waals surface area contributed by atoms with Gasteiger partial charge in [-0.1, -0.05) is 25.4 Å². The number of halogens is 1. The van der Waals surface area contributed by atoms with E-state index in [1.54, 1.807) is 43.5 Å². The van der Waals surface area contributed by atoms with Gasteiger partial charge in [-0.3, -0.25) is 4.79 Å². The maximum atomic E-state index is 12.6. The Bertz CT molecular complexity index is 777. The van der Waals surface area contributed by atoms with E-state index in [1.807, 2.05) is 6.92 Å². The molecule has 0 aliphatic heterocycles. The van der Waals surface area contributed by atoms with Crippen molar-refractivity contribution in [3.8, 4) is 11.5 Å². The number of ether oxygens (including phenoxy) is 3. The van der Waals surface area contributed by atoms with Gasteiger partial charge in [0.1, 0.15) is 11.5 Å². The van der Waals surface area contributed by atoms with Crippen molar-refractivity contribution >= 4 is 23.2 Å². The van der Waals surface area contributed by atoms with Crippen LogP contribution >= 0.6 is 11.6 Å². The SMILES string of the molecule is CCOc1ccc(C(=O)Nc2ccc(OC)c(Cl)c2)cc1COCC(C)C. The Morgan fingerprint density at radius 1 is 1.15 bits per heavy atom. The Labute approximate surface area is 165 Å². The predicted octanol–water partition coefficient (Wildman–Crippen LogP) is 5.17. The first-order chi connectivity index (χ1) is 12.9. The highest BCUT2D eigenvalue weighted by Gasteiger charge is 2.12. The molecular formula is C21H26ClNO4. The summed E-state index contributed by atoms with van der Waals surface area (Å²) in [7, 11) is 1.54. The van der Waals surface area contributed by atoms with Crippen molar-refractivity contribution in [2.75, 3.05) is 25.6 Å². The highest BCUT2D eigenvalue weighted by atomic mass is 35.5. The van der Waals surface area contributed by atoms with Crippen LogP contribution in [-0.4, -0.2) is 26.2 Å². The standard InChI is InChI=1S/C21H26ClNO4/c1-5-27-19-8-6-15(10-16(19)13-26-12-14(2)3)21(24)23-17-7-9-20(25-4)18(22)11-17/h6-11,14H,5,12-13H2,1-4H3,(H,23,24). The minimum Gasteiger partial charge on any atom is -0.495 e. The van der Waals surface area contributed by atoms with Crippen molar-refractivity contribution in [2.45, 2.75) is 27.4 Å². The van der Waals surface area contributed by atoms with Crippen LogP contribution in [0.25, 0.3) is 0 Å². The minimum atomic E-state index is -0.232. The molecule has 0 unspecified atom stereocenters. The molecule has 5 nitrogen and oxygen atoms in total. The molecule has 0 radical (unpaired) electrons. The molecule has 0 saturated carbocycles.